The summed E-state index contributed by atoms with van der Waals surface area (Å²) in [6.07, 6.45) is 3.36. The number of nitrogens with one attached hydrogen (secondary N) is 1. The molecule has 1 aliphatic heterocycles. The Morgan fingerprint density at radius 3 is 2.41 bits per heavy atom. The van der Waals surface area contributed by atoms with Gasteiger partial charge in [0.25, 0.3) is 0 Å². The highest BCUT2D eigenvalue weighted by molar-refractivity contribution is 4.93. The average Bonchev–Trinajstić information content (AvgIpc) is 2.37. The normalized spacial score (nSPS) is 23.3. The number of rotatable bonds is 7. The van der Waals surface area contributed by atoms with E-state index in [1.54, 1.807) is 0 Å². The Morgan fingerprint density at radius 2 is 1.94 bits per heavy atom. The molecule has 3 nitrogen and oxygen atoms in total. The Bertz CT molecular complexity index is 204. The molecule has 1 saturated heterocycles. The SMILES string of the molecule is CCNC(C1CCOCC1)C(C)(CC)OCC. The summed E-state index contributed by atoms with van der Waals surface area (Å²) >= 11 is 0. The van der Waals surface area contributed by atoms with Crippen molar-refractivity contribution in [3.05, 3.63) is 0 Å². The first-order valence-corrected chi connectivity index (χ1v) is 7.13. The van der Waals surface area contributed by atoms with E-state index >= 15 is 0 Å². The molecule has 0 amide bonds. The van der Waals surface area contributed by atoms with Crippen LogP contribution in [0.15, 0.2) is 0 Å². The van der Waals surface area contributed by atoms with Gasteiger partial charge in [-0.25, -0.2) is 0 Å². The number of hydrogen-bond acceptors (Lipinski definition) is 3. The van der Waals surface area contributed by atoms with Gasteiger partial charge in [-0.3, -0.25) is 0 Å². The van der Waals surface area contributed by atoms with Crippen LogP contribution in [0.25, 0.3) is 0 Å². The van der Waals surface area contributed by atoms with E-state index in [9.17, 15) is 0 Å². The lowest BCUT2D eigenvalue weighted by molar-refractivity contribution is -0.0816. The van der Waals surface area contributed by atoms with Gasteiger partial charge < -0.3 is 14.8 Å². The lowest BCUT2D eigenvalue weighted by Gasteiger charge is -2.43. The lowest BCUT2D eigenvalue weighted by Crippen LogP contribution is -2.55. The third-order valence-electron chi connectivity index (χ3n) is 4.00. The van der Waals surface area contributed by atoms with Crippen molar-refractivity contribution in [2.24, 2.45) is 5.92 Å². The summed E-state index contributed by atoms with van der Waals surface area (Å²) in [5, 5.41) is 3.65. The molecule has 0 aliphatic carbocycles. The maximum atomic E-state index is 6.04. The Kier molecular flexibility index (Phi) is 6.45. The first-order chi connectivity index (χ1) is 8.18. The monoisotopic (exact) mass is 243 g/mol. The van der Waals surface area contributed by atoms with Gasteiger partial charge >= 0.3 is 0 Å². The molecule has 0 radical (unpaired) electrons. The maximum Gasteiger partial charge on any atom is 0.0806 e. The Balaban J connectivity index is 2.73. The smallest absolute Gasteiger partial charge is 0.0806 e. The summed E-state index contributed by atoms with van der Waals surface area (Å²) in [6.45, 7) is 12.3. The molecule has 1 N–H and O–H groups in total. The second-order valence-corrected chi connectivity index (χ2v) is 5.08. The van der Waals surface area contributed by atoms with E-state index in [0.717, 1.165) is 45.6 Å². The predicted octanol–water partition coefficient (Wildman–Crippen LogP) is 2.60. The largest absolute Gasteiger partial charge is 0.381 e. The van der Waals surface area contributed by atoms with Crippen LogP contribution in [-0.2, 0) is 9.47 Å². The molecule has 102 valence electrons. The van der Waals surface area contributed by atoms with Crippen molar-refractivity contribution in [3.8, 4) is 0 Å². The van der Waals surface area contributed by atoms with Gasteiger partial charge in [-0.2, -0.15) is 0 Å². The van der Waals surface area contributed by atoms with Gasteiger partial charge in [-0.1, -0.05) is 13.8 Å². The molecule has 1 fully saturated rings. The summed E-state index contributed by atoms with van der Waals surface area (Å²) < 4.78 is 11.5. The molecule has 0 aromatic heterocycles. The summed E-state index contributed by atoms with van der Waals surface area (Å²) in [4.78, 5) is 0. The number of hydrogen-bond donors (Lipinski definition) is 1. The van der Waals surface area contributed by atoms with Gasteiger partial charge in [0, 0.05) is 25.9 Å². The summed E-state index contributed by atoms with van der Waals surface area (Å²) in [6, 6.07) is 0.446. The van der Waals surface area contributed by atoms with Crippen LogP contribution in [0.2, 0.25) is 0 Å². The molecule has 3 heteroatoms. The third kappa shape index (κ3) is 3.94. The highest BCUT2D eigenvalue weighted by Gasteiger charge is 2.38. The molecule has 0 spiro atoms. The van der Waals surface area contributed by atoms with Crippen LogP contribution in [0.4, 0.5) is 0 Å². The third-order valence-corrected chi connectivity index (χ3v) is 4.00. The molecule has 2 atom stereocenters. The van der Waals surface area contributed by atoms with Gasteiger partial charge in [0.2, 0.25) is 0 Å². The lowest BCUT2D eigenvalue weighted by atomic mass is 9.79. The Labute approximate surface area is 106 Å². The minimum absolute atomic E-state index is 0.0488. The van der Waals surface area contributed by atoms with Crippen molar-refractivity contribution in [2.45, 2.75) is 58.6 Å². The van der Waals surface area contributed by atoms with E-state index in [2.05, 4.69) is 33.0 Å². The van der Waals surface area contributed by atoms with Gasteiger partial charge in [-0.05, 0) is 45.6 Å². The van der Waals surface area contributed by atoms with Gasteiger partial charge in [0.1, 0.15) is 0 Å². The van der Waals surface area contributed by atoms with E-state index in [0.29, 0.717) is 12.0 Å². The van der Waals surface area contributed by atoms with E-state index in [1.165, 1.54) is 0 Å². The van der Waals surface area contributed by atoms with Crippen LogP contribution in [-0.4, -0.2) is 38.0 Å². The minimum Gasteiger partial charge on any atom is -0.381 e. The molecule has 0 saturated carbocycles. The van der Waals surface area contributed by atoms with E-state index in [1.807, 2.05) is 0 Å². The summed E-state index contributed by atoms with van der Waals surface area (Å²) in [7, 11) is 0. The first-order valence-electron chi connectivity index (χ1n) is 7.13. The van der Waals surface area contributed by atoms with Crippen LogP contribution >= 0.6 is 0 Å². The second kappa shape index (κ2) is 7.34. The predicted molar refractivity (Wildman–Crippen MR) is 71.3 cm³/mol. The number of likely N-dealkylation sites (N-methyl/N-ethyl adjacent to an activating group) is 1. The van der Waals surface area contributed by atoms with Crippen molar-refractivity contribution in [1.29, 1.82) is 0 Å². The van der Waals surface area contributed by atoms with Gasteiger partial charge in [0.05, 0.1) is 5.60 Å². The van der Waals surface area contributed by atoms with E-state index < -0.39 is 0 Å². The van der Waals surface area contributed by atoms with Gasteiger partial charge in [-0.15, -0.1) is 0 Å². The van der Waals surface area contributed by atoms with Crippen molar-refractivity contribution in [3.63, 3.8) is 0 Å². The van der Waals surface area contributed by atoms with Crippen molar-refractivity contribution >= 4 is 0 Å². The molecule has 2 unspecified atom stereocenters. The molecule has 0 aromatic rings. The Hall–Kier alpha value is -0.120. The fraction of sp³-hybridized carbons (Fsp3) is 1.00. The highest BCUT2D eigenvalue weighted by atomic mass is 16.5. The van der Waals surface area contributed by atoms with E-state index in [-0.39, 0.29) is 5.60 Å². The topological polar surface area (TPSA) is 30.5 Å². The number of ether oxygens (including phenoxy) is 2. The van der Waals surface area contributed by atoms with Crippen molar-refractivity contribution in [1.82, 2.24) is 5.32 Å². The molecular formula is C14H29NO2. The fourth-order valence-electron chi connectivity index (χ4n) is 2.89. The fourth-order valence-corrected chi connectivity index (χ4v) is 2.89. The first kappa shape index (κ1) is 14.9. The highest BCUT2D eigenvalue weighted by Crippen LogP contribution is 2.30. The van der Waals surface area contributed by atoms with Crippen LogP contribution in [0, 0.1) is 5.92 Å². The van der Waals surface area contributed by atoms with Crippen LogP contribution in [0.3, 0.4) is 0 Å². The van der Waals surface area contributed by atoms with E-state index in [4.69, 9.17) is 9.47 Å². The molecule has 1 aliphatic rings. The molecule has 0 bridgehead atoms. The van der Waals surface area contributed by atoms with Crippen LogP contribution in [0.5, 0.6) is 0 Å². The minimum atomic E-state index is -0.0488. The van der Waals surface area contributed by atoms with Gasteiger partial charge in [0.15, 0.2) is 0 Å². The quantitative estimate of drug-likeness (QED) is 0.745. The molecule has 17 heavy (non-hydrogen) atoms. The van der Waals surface area contributed by atoms with Crippen molar-refractivity contribution < 1.29 is 9.47 Å². The Morgan fingerprint density at radius 1 is 1.29 bits per heavy atom. The average molecular weight is 243 g/mol. The standard InChI is InChI=1S/C14H29NO2/c1-5-14(4,17-7-3)13(15-6-2)12-8-10-16-11-9-12/h12-13,15H,5-11H2,1-4H3. The van der Waals surface area contributed by atoms with Crippen molar-refractivity contribution in [2.75, 3.05) is 26.4 Å². The van der Waals surface area contributed by atoms with Crippen LogP contribution in [0.1, 0.15) is 47.0 Å². The summed E-state index contributed by atoms with van der Waals surface area (Å²) in [5.41, 5.74) is -0.0488. The zero-order valence-electron chi connectivity index (χ0n) is 11.9. The molecule has 1 rings (SSSR count). The second-order valence-electron chi connectivity index (χ2n) is 5.08. The maximum absolute atomic E-state index is 6.04. The molecule has 1 heterocycles. The molecule has 0 aromatic carbocycles. The zero-order valence-corrected chi connectivity index (χ0v) is 11.9. The molecular weight excluding hydrogens is 214 g/mol. The van der Waals surface area contributed by atoms with Crippen LogP contribution < -0.4 is 5.32 Å². The summed E-state index contributed by atoms with van der Waals surface area (Å²) in [5.74, 6) is 0.681. The zero-order chi connectivity index (χ0) is 12.7.